The molecule has 0 aliphatic carbocycles. The lowest BCUT2D eigenvalue weighted by molar-refractivity contribution is -0.152. The zero-order valence-electron chi connectivity index (χ0n) is 17.6. The van der Waals surface area contributed by atoms with Gasteiger partial charge in [-0.3, -0.25) is 9.59 Å². The van der Waals surface area contributed by atoms with Gasteiger partial charge in [-0.25, -0.2) is 4.98 Å². The molecule has 166 valence electrons. The Labute approximate surface area is 182 Å². The van der Waals surface area contributed by atoms with Gasteiger partial charge in [-0.05, 0) is 49.7 Å². The van der Waals surface area contributed by atoms with Crippen molar-refractivity contribution in [2.24, 2.45) is 5.92 Å². The predicted octanol–water partition coefficient (Wildman–Crippen LogP) is 4.86. The van der Waals surface area contributed by atoms with Crippen LogP contribution in [0.15, 0.2) is 48.5 Å². The van der Waals surface area contributed by atoms with Crippen molar-refractivity contribution in [3.05, 3.63) is 65.2 Å². The van der Waals surface area contributed by atoms with E-state index >= 15 is 0 Å². The summed E-state index contributed by atoms with van der Waals surface area (Å²) in [5, 5.41) is 0.418. The van der Waals surface area contributed by atoms with Gasteiger partial charge in [0.1, 0.15) is 0 Å². The van der Waals surface area contributed by atoms with Gasteiger partial charge in [-0.2, -0.15) is 13.2 Å². The molecule has 8 heteroatoms. The lowest BCUT2D eigenvalue weighted by atomic mass is 9.98. The summed E-state index contributed by atoms with van der Waals surface area (Å²) in [6.07, 6.45) is -4.51. The second kappa shape index (κ2) is 8.26. The molecule has 0 spiro atoms. The van der Waals surface area contributed by atoms with Crippen molar-refractivity contribution in [2.45, 2.75) is 20.0 Å². The number of aromatic nitrogens is 1. The molecule has 2 heterocycles. The highest BCUT2D eigenvalue weighted by molar-refractivity contribution is 5.96. The van der Waals surface area contributed by atoms with Crippen molar-refractivity contribution in [1.82, 2.24) is 9.88 Å². The summed E-state index contributed by atoms with van der Waals surface area (Å²) in [5.74, 6) is -0.812. The van der Waals surface area contributed by atoms with E-state index in [1.54, 1.807) is 61.2 Å². The van der Waals surface area contributed by atoms with Crippen molar-refractivity contribution in [3.63, 3.8) is 0 Å². The van der Waals surface area contributed by atoms with Crippen molar-refractivity contribution < 1.29 is 27.5 Å². The van der Waals surface area contributed by atoms with Gasteiger partial charge in [-0.1, -0.05) is 18.2 Å². The van der Waals surface area contributed by atoms with Gasteiger partial charge in [0.25, 0.3) is 5.91 Å². The minimum Gasteiger partial charge on any atom is -0.466 e. The Hall–Kier alpha value is -3.42. The van der Waals surface area contributed by atoms with E-state index in [9.17, 15) is 22.8 Å². The molecular weight excluding hydrogens is 421 g/mol. The molecule has 0 radical (unpaired) electrons. The first-order valence-corrected chi connectivity index (χ1v) is 10.2. The molecular formula is C24H21F3N2O3. The average molecular weight is 442 g/mol. The van der Waals surface area contributed by atoms with Gasteiger partial charge in [0.15, 0.2) is 0 Å². The van der Waals surface area contributed by atoms with Crippen molar-refractivity contribution in [1.29, 1.82) is 0 Å². The molecule has 2 aromatic carbocycles. The topological polar surface area (TPSA) is 59.5 Å². The van der Waals surface area contributed by atoms with Crippen LogP contribution in [0.4, 0.5) is 13.2 Å². The first-order chi connectivity index (χ1) is 15.2. The second-order valence-corrected chi connectivity index (χ2v) is 7.81. The Balaban J connectivity index is 1.55. The van der Waals surface area contributed by atoms with Crippen LogP contribution in [0.5, 0.6) is 0 Å². The fourth-order valence-electron chi connectivity index (χ4n) is 3.78. The van der Waals surface area contributed by atoms with Crippen LogP contribution in [0, 0.1) is 12.8 Å². The van der Waals surface area contributed by atoms with Crippen LogP contribution in [-0.4, -0.2) is 41.5 Å². The molecule has 0 bridgehead atoms. The van der Waals surface area contributed by atoms with E-state index in [1.807, 2.05) is 0 Å². The number of ether oxygens (including phenoxy) is 1. The first-order valence-electron chi connectivity index (χ1n) is 10.2. The molecule has 1 aromatic heterocycles. The molecule has 5 nitrogen and oxygen atoms in total. The molecule has 3 aromatic rings. The molecule has 1 aliphatic heterocycles. The quantitative estimate of drug-likeness (QED) is 0.542. The highest BCUT2D eigenvalue weighted by atomic mass is 19.4. The van der Waals surface area contributed by atoms with E-state index in [0.717, 1.165) is 6.07 Å². The number of hydrogen-bond donors (Lipinski definition) is 0. The summed E-state index contributed by atoms with van der Waals surface area (Å²) in [6.45, 7) is 4.27. The van der Waals surface area contributed by atoms with Crippen LogP contribution in [-0.2, 0) is 15.7 Å². The molecule has 1 aliphatic rings. The number of nitrogens with zero attached hydrogens (tertiary/aromatic N) is 2. The summed E-state index contributed by atoms with van der Waals surface area (Å²) in [6, 6.07) is 12.6. The third kappa shape index (κ3) is 4.17. The maximum Gasteiger partial charge on any atom is 0.418 e. The van der Waals surface area contributed by atoms with Crippen molar-refractivity contribution >= 4 is 22.8 Å². The number of benzene rings is 2. The van der Waals surface area contributed by atoms with Crippen LogP contribution in [0.3, 0.4) is 0 Å². The second-order valence-electron chi connectivity index (χ2n) is 7.81. The highest BCUT2D eigenvalue weighted by Gasteiger charge is 2.37. The number of hydrogen-bond acceptors (Lipinski definition) is 4. The van der Waals surface area contributed by atoms with E-state index in [2.05, 4.69) is 4.98 Å². The lowest BCUT2D eigenvalue weighted by Crippen LogP contribution is -2.53. The highest BCUT2D eigenvalue weighted by Crippen LogP contribution is 2.36. The molecule has 0 N–H and O–H groups in total. The van der Waals surface area contributed by atoms with Gasteiger partial charge < -0.3 is 9.64 Å². The van der Waals surface area contributed by atoms with Gasteiger partial charge in [0, 0.05) is 29.6 Å². The molecule has 1 fully saturated rings. The molecule has 0 atom stereocenters. The number of pyridine rings is 1. The van der Waals surface area contributed by atoms with Crippen LogP contribution in [0.1, 0.15) is 28.4 Å². The zero-order valence-corrected chi connectivity index (χ0v) is 17.6. The number of carbonyl (C=O) groups is 2. The van der Waals surface area contributed by atoms with E-state index in [4.69, 9.17) is 4.74 Å². The van der Waals surface area contributed by atoms with E-state index < -0.39 is 11.7 Å². The number of rotatable bonds is 4. The summed E-state index contributed by atoms with van der Waals surface area (Å²) in [4.78, 5) is 30.1. The van der Waals surface area contributed by atoms with Crippen LogP contribution >= 0.6 is 0 Å². The summed E-state index contributed by atoms with van der Waals surface area (Å²) in [5.41, 5.74) is 1.06. The maximum atomic E-state index is 13.5. The third-order valence-electron chi connectivity index (χ3n) is 5.46. The van der Waals surface area contributed by atoms with Crippen molar-refractivity contribution in [2.75, 3.05) is 19.7 Å². The number of fused-ring (bicyclic) bond motifs is 1. The zero-order chi connectivity index (χ0) is 23.0. The molecule has 0 unspecified atom stereocenters. The van der Waals surface area contributed by atoms with Gasteiger partial charge in [-0.15, -0.1) is 0 Å². The van der Waals surface area contributed by atoms with E-state index in [0.29, 0.717) is 47.5 Å². The van der Waals surface area contributed by atoms with E-state index in [-0.39, 0.29) is 23.3 Å². The Kier molecular flexibility index (Phi) is 5.62. The minimum atomic E-state index is -4.51. The number of amides is 1. The minimum absolute atomic E-state index is 0.105. The fourth-order valence-corrected chi connectivity index (χ4v) is 3.78. The van der Waals surface area contributed by atoms with E-state index in [1.165, 1.54) is 0 Å². The number of alkyl halides is 3. The Bertz CT molecular complexity index is 1180. The smallest absolute Gasteiger partial charge is 0.418 e. The number of carbonyl (C=O) groups excluding carboxylic acids is 2. The SMILES string of the molecule is CCOC(=O)C1CN(C(=O)c2ccc(-c3ccc4cc(C)cc(C(F)(F)F)c4n3)cc2)C1. The Morgan fingerprint density at radius 2 is 1.78 bits per heavy atom. The van der Waals surface area contributed by atoms with Gasteiger partial charge in [0.2, 0.25) is 0 Å². The Morgan fingerprint density at radius 1 is 1.09 bits per heavy atom. The predicted molar refractivity (Wildman–Crippen MR) is 113 cm³/mol. The summed E-state index contributed by atoms with van der Waals surface area (Å²) in [7, 11) is 0. The number of esters is 1. The first kappa shape index (κ1) is 21.8. The molecule has 0 saturated carbocycles. The lowest BCUT2D eigenvalue weighted by Gasteiger charge is -2.37. The van der Waals surface area contributed by atoms with Crippen LogP contribution in [0.2, 0.25) is 0 Å². The third-order valence-corrected chi connectivity index (χ3v) is 5.46. The standard InChI is InChI=1S/C24H21F3N2O3/c1-3-32-23(31)18-12-29(13-18)22(30)16-6-4-15(5-7-16)20-9-8-17-10-14(2)11-19(21(17)28-20)24(25,26)27/h4-11,18H,3,12-13H2,1-2H3. The van der Waals surface area contributed by atoms with Crippen LogP contribution in [0.25, 0.3) is 22.2 Å². The Morgan fingerprint density at radius 3 is 2.41 bits per heavy atom. The van der Waals surface area contributed by atoms with Gasteiger partial charge >= 0.3 is 12.1 Å². The largest absolute Gasteiger partial charge is 0.466 e. The number of halogens is 3. The fraction of sp³-hybridized carbons (Fsp3) is 0.292. The molecule has 1 amide bonds. The number of likely N-dealkylation sites (tertiary alicyclic amines) is 1. The number of aryl methyl sites for hydroxylation is 1. The average Bonchev–Trinajstić information content (AvgIpc) is 2.71. The van der Waals surface area contributed by atoms with Crippen LogP contribution < -0.4 is 0 Å². The summed E-state index contributed by atoms with van der Waals surface area (Å²) < 4.78 is 45.4. The maximum absolute atomic E-state index is 13.5. The monoisotopic (exact) mass is 442 g/mol. The molecule has 4 rings (SSSR count). The summed E-state index contributed by atoms with van der Waals surface area (Å²) >= 11 is 0. The molecule has 32 heavy (non-hydrogen) atoms. The van der Waals surface area contributed by atoms with Gasteiger partial charge in [0.05, 0.1) is 29.3 Å². The molecule has 1 saturated heterocycles. The normalized spacial score (nSPS) is 14.3. The van der Waals surface area contributed by atoms with Crippen molar-refractivity contribution in [3.8, 4) is 11.3 Å².